The predicted octanol–water partition coefficient (Wildman–Crippen LogP) is 3.40. The standard InChI is InChI=1S/C25H24N4O3/c1-28-11-9-16-12-17(5-7-20(16)25(28)31)23-14-26-21-8-6-18(13-22(21)27-23)24(30)29-10-3-4-19(15-29)32-2/h5-9,11-14,19H,3-4,10,15H2,1-2H3/t19-/m0/s1. The summed E-state index contributed by atoms with van der Waals surface area (Å²) in [4.78, 5) is 36.5. The third-order valence-corrected chi connectivity index (χ3v) is 6.16. The molecule has 0 spiro atoms. The van der Waals surface area contributed by atoms with E-state index in [9.17, 15) is 9.59 Å². The largest absolute Gasteiger partial charge is 0.380 e. The smallest absolute Gasteiger partial charge is 0.258 e. The van der Waals surface area contributed by atoms with Crippen LogP contribution >= 0.6 is 0 Å². The maximum Gasteiger partial charge on any atom is 0.258 e. The molecule has 1 aliphatic heterocycles. The molecule has 32 heavy (non-hydrogen) atoms. The van der Waals surface area contributed by atoms with E-state index >= 15 is 0 Å². The molecule has 7 nitrogen and oxygen atoms in total. The zero-order valence-corrected chi connectivity index (χ0v) is 18.1. The van der Waals surface area contributed by atoms with Crippen molar-refractivity contribution in [1.82, 2.24) is 19.4 Å². The van der Waals surface area contributed by atoms with Crippen LogP contribution in [0.1, 0.15) is 23.2 Å². The second kappa shape index (κ2) is 8.16. The van der Waals surface area contributed by atoms with Gasteiger partial charge in [0.1, 0.15) is 0 Å². The van der Waals surface area contributed by atoms with Crippen molar-refractivity contribution in [2.75, 3.05) is 20.2 Å². The van der Waals surface area contributed by atoms with Crippen molar-refractivity contribution in [3.05, 3.63) is 70.8 Å². The number of fused-ring (bicyclic) bond motifs is 2. The van der Waals surface area contributed by atoms with Crippen LogP contribution in [0.3, 0.4) is 0 Å². The van der Waals surface area contributed by atoms with Crippen LogP contribution in [-0.2, 0) is 11.8 Å². The Labute approximate surface area is 185 Å². The number of hydrogen-bond acceptors (Lipinski definition) is 5. The van der Waals surface area contributed by atoms with E-state index in [1.54, 1.807) is 43.3 Å². The Morgan fingerprint density at radius 1 is 1.12 bits per heavy atom. The minimum atomic E-state index is -0.0322. The van der Waals surface area contributed by atoms with Gasteiger partial charge in [0, 0.05) is 50.0 Å². The molecule has 1 saturated heterocycles. The molecule has 1 fully saturated rings. The molecule has 0 radical (unpaired) electrons. The van der Waals surface area contributed by atoms with E-state index in [4.69, 9.17) is 9.72 Å². The van der Waals surface area contributed by atoms with Crippen molar-refractivity contribution >= 4 is 27.7 Å². The molecule has 7 heteroatoms. The van der Waals surface area contributed by atoms with Crippen molar-refractivity contribution < 1.29 is 9.53 Å². The second-order valence-corrected chi connectivity index (χ2v) is 8.24. The van der Waals surface area contributed by atoms with Gasteiger partial charge in [-0.05, 0) is 54.6 Å². The van der Waals surface area contributed by atoms with Gasteiger partial charge < -0.3 is 14.2 Å². The van der Waals surface area contributed by atoms with E-state index in [-0.39, 0.29) is 17.6 Å². The quantitative estimate of drug-likeness (QED) is 0.500. The maximum atomic E-state index is 13.1. The first-order valence-electron chi connectivity index (χ1n) is 10.7. The number of methoxy groups -OCH3 is 1. The van der Waals surface area contributed by atoms with Gasteiger partial charge >= 0.3 is 0 Å². The average Bonchev–Trinajstić information content (AvgIpc) is 2.85. The van der Waals surface area contributed by atoms with E-state index in [1.165, 1.54) is 0 Å². The summed E-state index contributed by atoms with van der Waals surface area (Å²) in [5.41, 5.74) is 3.53. The van der Waals surface area contributed by atoms with Crippen LogP contribution < -0.4 is 5.56 Å². The fourth-order valence-corrected chi connectivity index (χ4v) is 4.29. The number of likely N-dealkylation sites (tertiary alicyclic amines) is 1. The number of hydrogen-bond donors (Lipinski definition) is 0. The van der Waals surface area contributed by atoms with Crippen molar-refractivity contribution in [3.8, 4) is 11.3 Å². The molecule has 0 saturated carbocycles. The van der Waals surface area contributed by atoms with E-state index < -0.39 is 0 Å². The Balaban J connectivity index is 1.50. The number of piperidine rings is 1. The topological polar surface area (TPSA) is 77.3 Å². The van der Waals surface area contributed by atoms with Gasteiger partial charge in [0.2, 0.25) is 0 Å². The first kappa shape index (κ1) is 20.3. The van der Waals surface area contributed by atoms with Crippen LogP contribution in [0.4, 0.5) is 0 Å². The highest BCUT2D eigenvalue weighted by molar-refractivity contribution is 5.97. The van der Waals surface area contributed by atoms with Gasteiger partial charge in [-0.25, -0.2) is 4.98 Å². The first-order valence-corrected chi connectivity index (χ1v) is 10.7. The van der Waals surface area contributed by atoms with Gasteiger partial charge in [-0.3, -0.25) is 14.6 Å². The number of benzene rings is 2. The lowest BCUT2D eigenvalue weighted by molar-refractivity contribution is 0.0269. The zero-order valence-electron chi connectivity index (χ0n) is 18.1. The number of carbonyl (C=O) groups excluding carboxylic acids is 1. The van der Waals surface area contributed by atoms with Crippen molar-refractivity contribution in [2.24, 2.45) is 7.05 Å². The van der Waals surface area contributed by atoms with E-state index in [2.05, 4.69) is 4.98 Å². The van der Waals surface area contributed by atoms with Gasteiger partial charge in [-0.2, -0.15) is 0 Å². The van der Waals surface area contributed by atoms with E-state index in [1.807, 2.05) is 35.2 Å². The van der Waals surface area contributed by atoms with E-state index in [0.29, 0.717) is 28.7 Å². The molecule has 1 atom stereocenters. The summed E-state index contributed by atoms with van der Waals surface area (Å²) < 4.78 is 7.01. The monoisotopic (exact) mass is 428 g/mol. The molecule has 2 aromatic carbocycles. The molecular formula is C25H24N4O3. The SMILES string of the molecule is CO[C@H]1CCCN(C(=O)c2ccc3ncc(-c4ccc5c(=O)n(C)ccc5c4)nc3c2)C1. The highest BCUT2D eigenvalue weighted by Crippen LogP contribution is 2.24. The number of pyridine rings is 1. The Hall–Kier alpha value is -3.58. The van der Waals surface area contributed by atoms with Crippen molar-refractivity contribution in [3.63, 3.8) is 0 Å². The summed E-state index contributed by atoms with van der Waals surface area (Å²) in [7, 11) is 3.43. The minimum absolute atomic E-state index is 0.0117. The van der Waals surface area contributed by atoms with Gasteiger partial charge in [-0.15, -0.1) is 0 Å². The van der Waals surface area contributed by atoms with Crippen LogP contribution in [0.5, 0.6) is 0 Å². The number of ether oxygens (including phenoxy) is 1. The molecule has 1 amide bonds. The second-order valence-electron chi connectivity index (χ2n) is 8.24. The van der Waals surface area contributed by atoms with Crippen LogP contribution in [0.2, 0.25) is 0 Å². The average molecular weight is 428 g/mol. The van der Waals surface area contributed by atoms with E-state index in [0.717, 1.165) is 35.9 Å². The summed E-state index contributed by atoms with van der Waals surface area (Å²) in [6.07, 6.45) is 5.48. The molecule has 0 bridgehead atoms. The fourth-order valence-electron chi connectivity index (χ4n) is 4.29. The molecule has 1 aliphatic rings. The summed E-state index contributed by atoms with van der Waals surface area (Å²) in [5, 5.41) is 1.52. The molecule has 0 aliphatic carbocycles. The van der Waals surface area contributed by atoms with Gasteiger partial charge in [0.25, 0.3) is 11.5 Å². The molecule has 0 N–H and O–H groups in total. The first-order chi connectivity index (χ1) is 15.5. The fraction of sp³-hybridized carbons (Fsp3) is 0.280. The number of amides is 1. The number of aromatic nitrogens is 3. The third-order valence-electron chi connectivity index (χ3n) is 6.16. The predicted molar refractivity (Wildman–Crippen MR) is 124 cm³/mol. The number of carbonyl (C=O) groups is 1. The van der Waals surface area contributed by atoms with Crippen LogP contribution in [0.15, 0.2) is 59.7 Å². The Bertz CT molecular complexity index is 1400. The van der Waals surface area contributed by atoms with Crippen molar-refractivity contribution in [1.29, 1.82) is 0 Å². The number of nitrogens with zero attached hydrogens (tertiary/aromatic N) is 4. The summed E-state index contributed by atoms with van der Waals surface area (Å²) in [6, 6.07) is 13.0. The van der Waals surface area contributed by atoms with Gasteiger partial charge in [0.05, 0.1) is 29.0 Å². The molecule has 0 unspecified atom stereocenters. The Morgan fingerprint density at radius 3 is 2.84 bits per heavy atom. The van der Waals surface area contributed by atoms with Crippen molar-refractivity contribution in [2.45, 2.75) is 18.9 Å². The van der Waals surface area contributed by atoms with Crippen LogP contribution in [0.25, 0.3) is 33.1 Å². The summed E-state index contributed by atoms with van der Waals surface area (Å²) in [6.45, 7) is 1.34. The lowest BCUT2D eigenvalue weighted by Crippen LogP contribution is -2.42. The number of aryl methyl sites for hydroxylation is 1. The molecule has 4 aromatic rings. The molecular weight excluding hydrogens is 404 g/mol. The minimum Gasteiger partial charge on any atom is -0.380 e. The third kappa shape index (κ3) is 3.65. The summed E-state index contributed by atoms with van der Waals surface area (Å²) >= 11 is 0. The van der Waals surface area contributed by atoms with Gasteiger partial charge in [0.15, 0.2) is 0 Å². The molecule has 3 heterocycles. The molecule has 162 valence electrons. The lowest BCUT2D eigenvalue weighted by atomic mass is 10.1. The highest BCUT2D eigenvalue weighted by atomic mass is 16.5. The lowest BCUT2D eigenvalue weighted by Gasteiger charge is -2.32. The highest BCUT2D eigenvalue weighted by Gasteiger charge is 2.24. The number of rotatable bonds is 3. The Kier molecular flexibility index (Phi) is 5.19. The maximum absolute atomic E-state index is 13.1. The molecule has 2 aromatic heterocycles. The Morgan fingerprint density at radius 2 is 2.00 bits per heavy atom. The summed E-state index contributed by atoms with van der Waals surface area (Å²) in [5.74, 6) is -0.0117. The normalized spacial score (nSPS) is 16.6. The van der Waals surface area contributed by atoms with Crippen LogP contribution in [-0.4, -0.2) is 51.6 Å². The van der Waals surface area contributed by atoms with Crippen LogP contribution in [0, 0.1) is 0 Å². The van der Waals surface area contributed by atoms with Gasteiger partial charge in [-0.1, -0.05) is 6.07 Å². The zero-order chi connectivity index (χ0) is 22.2. The molecule has 5 rings (SSSR count).